The first kappa shape index (κ1) is 26.3. The molecule has 2 heterocycles. The zero-order chi connectivity index (χ0) is 24.8. The van der Waals surface area contributed by atoms with Crippen LogP contribution in [0.15, 0.2) is 54.4 Å². The van der Waals surface area contributed by atoms with Gasteiger partial charge in [-0.15, -0.1) is 0 Å². The van der Waals surface area contributed by atoms with Gasteiger partial charge in [0.1, 0.15) is 11.7 Å². The first-order chi connectivity index (χ1) is 15.6. The Morgan fingerprint density at radius 3 is 2.39 bits per heavy atom. The van der Waals surface area contributed by atoms with E-state index in [9.17, 15) is 18.7 Å². The number of carbonyl (C=O) groups excluding carboxylic acids is 1. The van der Waals surface area contributed by atoms with Gasteiger partial charge >= 0.3 is 0 Å². The highest BCUT2D eigenvalue weighted by molar-refractivity contribution is 5.96. The Bertz CT molecular complexity index is 1080. The lowest BCUT2D eigenvalue weighted by Crippen LogP contribution is -2.18. The number of amides is 1. The number of aliphatic hydroxyl groups excluding tert-OH is 1. The van der Waals surface area contributed by atoms with Gasteiger partial charge in [-0.1, -0.05) is 45.9 Å². The fourth-order valence-corrected chi connectivity index (χ4v) is 3.26. The Kier molecular flexibility index (Phi) is 8.99. The van der Waals surface area contributed by atoms with Gasteiger partial charge in [0.15, 0.2) is 0 Å². The third kappa shape index (κ3) is 6.78. The maximum absolute atomic E-state index is 13.0. The zero-order valence-corrected chi connectivity index (χ0v) is 20.0. The smallest absolute Gasteiger partial charge is 0.260 e. The number of fused-ring (bicyclic) bond motifs is 1. The second-order valence-corrected chi connectivity index (χ2v) is 8.23. The fourth-order valence-electron chi connectivity index (χ4n) is 3.26. The van der Waals surface area contributed by atoms with Crippen LogP contribution < -0.4 is 5.32 Å². The van der Waals surface area contributed by atoms with Gasteiger partial charge in [0.25, 0.3) is 5.92 Å². The minimum absolute atomic E-state index is 0.219. The Hall–Kier alpha value is -2.93. The van der Waals surface area contributed by atoms with Crippen LogP contribution in [0.25, 0.3) is 16.3 Å². The van der Waals surface area contributed by atoms with Crippen molar-refractivity contribution in [3.05, 3.63) is 60.1 Å². The molecule has 2 aromatic heterocycles. The van der Waals surface area contributed by atoms with Crippen molar-refractivity contribution in [2.24, 2.45) is 5.92 Å². The molecular weight excluding hydrogens is 424 g/mol. The summed E-state index contributed by atoms with van der Waals surface area (Å²) in [5, 5.41) is 13.9. The van der Waals surface area contributed by atoms with Crippen molar-refractivity contribution in [2.75, 3.05) is 5.32 Å². The Morgan fingerprint density at radius 1 is 1.27 bits per heavy atom. The molecule has 2 atom stereocenters. The molecule has 7 heteroatoms. The SMILES string of the molecule is C=C(/C=C(C)\C(=C/C)c1cc2cnc(NC(=O)C3CC3(F)F)cc2cn1)C(O)CC.CCC. The fraction of sp³-hybridized carbons (Fsp3) is 0.423. The van der Waals surface area contributed by atoms with E-state index in [1.165, 1.54) is 6.42 Å². The van der Waals surface area contributed by atoms with E-state index in [-0.39, 0.29) is 5.82 Å². The number of hydrogen-bond donors (Lipinski definition) is 2. The number of hydrogen-bond acceptors (Lipinski definition) is 4. The van der Waals surface area contributed by atoms with Crippen LogP contribution in [0.3, 0.4) is 0 Å². The number of pyridine rings is 2. The Morgan fingerprint density at radius 2 is 1.85 bits per heavy atom. The lowest BCUT2D eigenvalue weighted by atomic mass is 9.98. The zero-order valence-electron chi connectivity index (χ0n) is 20.0. The van der Waals surface area contributed by atoms with Gasteiger partial charge in [-0.2, -0.15) is 0 Å². The molecule has 0 spiro atoms. The number of aromatic nitrogens is 2. The van der Waals surface area contributed by atoms with Crippen molar-refractivity contribution in [3.63, 3.8) is 0 Å². The van der Waals surface area contributed by atoms with Crippen LogP contribution >= 0.6 is 0 Å². The van der Waals surface area contributed by atoms with Crippen LogP contribution in [0, 0.1) is 5.92 Å². The molecule has 0 bridgehead atoms. The molecular formula is C26H33F2N3O2. The van der Waals surface area contributed by atoms with Crippen LogP contribution in [0.1, 0.15) is 59.6 Å². The number of carbonyl (C=O) groups is 1. The topological polar surface area (TPSA) is 75.1 Å². The highest BCUT2D eigenvalue weighted by Crippen LogP contribution is 2.49. The quantitative estimate of drug-likeness (QED) is 0.477. The number of halogens is 2. The van der Waals surface area contributed by atoms with E-state index in [4.69, 9.17) is 0 Å². The summed E-state index contributed by atoms with van der Waals surface area (Å²) in [6.07, 6.45) is 7.84. The molecule has 33 heavy (non-hydrogen) atoms. The number of nitrogens with one attached hydrogen (secondary N) is 1. The minimum atomic E-state index is -2.91. The Balaban J connectivity index is 0.00000122. The van der Waals surface area contributed by atoms with Crippen molar-refractivity contribution in [2.45, 2.75) is 65.9 Å². The van der Waals surface area contributed by atoms with Crippen LogP contribution in [0.2, 0.25) is 0 Å². The van der Waals surface area contributed by atoms with Gasteiger partial charge in [-0.25, -0.2) is 13.8 Å². The van der Waals surface area contributed by atoms with E-state index in [0.717, 1.165) is 27.6 Å². The number of anilines is 1. The van der Waals surface area contributed by atoms with Crippen LogP contribution in [0.4, 0.5) is 14.6 Å². The number of nitrogens with zero attached hydrogens (tertiary/aromatic N) is 2. The van der Waals surface area contributed by atoms with E-state index in [2.05, 4.69) is 35.7 Å². The van der Waals surface area contributed by atoms with Crippen LogP contribution in [-0.2, 0) is 4.79 Å². The van der Waals surface area contributed by atoms with Crippen molar-refractivity contribution < 1.29 is 18.7 Å². The summed E-state index contributed by atoms with van der Waals surface area (Å²) in [6.45, 7) is 13.9. The molecule has 1 aliphatic carbocycles. The van der Waals surface area contributed by atoms with E-state index < -0.39 is 30.3 Å². The molecule has 2 aromatic rings. The highest BCUT2D eigenvalue weighted by Gasteiger charge is 2.61. The van der Waals surface area contributed by atoms with Gasteiger partial charge < -0.3 is 10.4 Å². The second-order valence-electron chi connectivity index (χ2n) is 8.23. The van der Waals surface area contributed by atoms with Crippen molar-refractivity contribution >= 4 is 28.1 Å². The maximum atomic E-state index is 13.0. The van der Waals surface area contributed by atoms with Gasteiger partial charge in [0.05, 0.1) is 11.8 Å². The normalized spacial score (nSPS) is 18.2. The lowest BCUT2D eigenvalue weighted by Gasteiger charge is -2.12. The largest absolute Gasteiger partial charge is 0.388 e. The Labute approximate surface area is 194 Å². The molecule has 3 rings (SSSR count). The standard InChI is InChI=1S/C23H25F2N3O2.C3H8/c1-5-17(13(3)7-14(4)20(29)6-2)19-8-15-12-27-21(9-16(15)11-26-19)28-22(30)18-10-23(18,24)25;1-3-2/h5,7-9,11-12,18,20,29H,4,6,10H2,1-3H3,(H,27,28,30);3H2,1-2H3/b13-7-,17-5+;. The van der Waals surface area contributed by atoms with Crippen molar-refractivity contribution in [3.8, 4) is 0 Å². The summed E-state index contributed by atoms with van der Waals surface area (Å²) in [7, 11) is 0. The number of rotatable bonds is 7. The molecule has 0 aliphatic heterocycles. The summed E-state index contributed by atoms with van der Waals surface area (Å²) in [5.74, 6) is -4.69. The molecule has 178 valence electrons. The predicted octanol–water partition coefficient (Wildman–Crippen LogP) is 6.32. The van der Waals surface area contributed by atoms with Gasteiger partial charge in [-0.3, -0.25) is 9.78 Å². The molecule has 0 aromatic carbocycles. The number of alkyl halides is 2. The summed E-state index contributed by atoms with van der Waals surface area (Å²) in [6, 6.07) is 3.48. The predicted molar refractivity (Wildman–Crippen MR) is 130 cm³/mol. The van der Waals surface area contributed by atoms with Gasteiger partial charge in [0, 0.05) is 29.6 Å². The first-order valence-electron chi connectivity index (χ1n) is 11.2. The third-order valence-corrected chi connectivity index (χ3v) is 5.20. The minimum Gasteiger partial charge on any atom is -0.388 e. The average molecular weight is 458 g/mol. The first-order valence-corrected chi connectivity index (χ1v) is 11.2. The summed E-state index contributed by atoms with van der Waals surface area (Å²) < 4.78 is 26.1. The number of aliphatic hydroxyl groups is 1. The van der Waals surface area contributed by atoms with Crippen molar-refractivity contribution in [1.29, 1.82) is 0 Å². The van der Waals surface area contributed by atoms with Crippen LogP contribution in [-0.4, -0.2) is 33.0 Å². The molecule has 5 nitrogen and oxygen atoms in total. The maximum Gasteiger partial charge on any atom is 0.260 e. The van der Waals surface area contributed by atoms with E-state index >= 15 is 0 Å². The monoisotopic (exact) mass is 457 g/mol. The third-order valence-electron chi connectivity index (χ3n) is 5.20. The number of allylic oxidation sites excluding steroid dienone is 3. The molecule has 0 saturated heterocycles. The molecule has 2 N–H and O–H groups in total. The van der Waals surface area contributed by atoms with E-state index in [1.54, 1.807) is 18.5 Å². The summed E-state index contributed by atoms with van der Waals surface area (Å²) >= 11 is 0. The van der Waals surface area contributed by atoms with E-state index in [1.807, 2.05) is 39.0 Å². The molecule has 1 saturated carbocycles. The van der Waals surface area contributed by atoms with Gasteiger partial charge in [0.2, 0.25) is 5.91 Å². The van der Waals surface area contributed by atoms with E-state index in [0.29, 0.717) is 12.0 Å². The molecule has 1 amide bonds. The summed E-state index contributed by atoms with van der Waals surface area (Å²) in [5.41, 5.74) is 3.19. The molecule has 2 unspecified atom stereocenters. The average Bonchev–Trinajstić information content (AvgIpc) is 3.42. The molecule has 0 radical (unpaired) electrons. The lowest BCUT2D eigenvalue weighted by molar-refractivity contribution is -0.119. The molecule has 1 aliphatic rings. The van der Waals surface area contributed by atoms with Gasteiger partial charge in [-0.05, 0) is 49.1 Å². The van der Waals surface area contributed by atoms with Crippen LogP contribution in [0.5, 0.6) is 0 Å². The second kappa shape index (κ2) is 11.3. The summed E-state index contributed by atoms with van der Waals surface area (Å²) in [4.78, 5) is 20.5. The molecule has 1 fully saturated rings. The van der Waals surface area contributed by atoms with Crippen molar-refractivity contribution in [1.82, 2.24) is 9.97 Å². The highest BCUT2D eigenvalue weighted by atomic mass is 19.3.